The molecule has 0 aromatic heterocycles. The first-order valence-corrected chi connectivity index (χ1v) is 12.0. The van der Waals surface area contributed by atoms with Crippen LogP contribution in [0.5, 0.6) is 0 Å². The Hall–Kier alpha value is -2.28. The predicted octanol–water partition coefficient (Wildman–Crippen LogP) is 3.52. The van der Waals surface area contributed by atoms with Crippen LogP contribution in [-0.2, 0) is 17.9 Å². The summed E-state index contributed by atoms with van der Waals surface area (Å²) in [6.07, 6.45) is 2.28. The van der Waals surface area contributed by atoms with E-state index in [1.165, 1.54) is 17.7 Å². The largest absolute Gasteiger partial charge is 0.387 e. The van der Waals surface area contributed by atoms with Crippen molar-refractivity contribution in [3.63, 3.8) is 0 Å². The highest BCUT2D eigenvalue weighted by molar-refractivity contribution is 5.83. The molecule has 178 valence electrons. The summed E-state index contributed by atoms with van der Waals surface area (Å²) in [7, 11) is 1.95. The standard InChI is InChI=1S/C27H36FN3O2/c1-26(12-15-30(16-13-26)19-22-6-4-3-5-7-22)25(32)31-17-14-27(33,21-31)20-29(2)18-23-8-10-24(28)11-9-23/h3-11,33H,12-21H2,1-2H3. The number of β-amino-alcohol motifs (C(OH)–C–C–N with tert-alkyl or cyclic N) is 1. The van der Waals surface area contributed by atoms with E-state index in [1.807, 2.05) is 22.9 Å². The summed E-state index contributed by atoms with van der Waals surface area (Å²) in [4.78, 5) is 19.8. The van der Waals surface area contributed by atoms with Gasteiger partial charge in [-0.15, -0.1) is 0 Å². The lowest BCUT2D eigenvalue weighted by Gasteiger charge is -2.40. The van der Waals surface area contributed by atoms with E-state index in [-0.39, 0.29) is 17.1 Å². The van der Waals surface area contributed by atoms with E-state index in [2.05, 4.69) is 36.1 Å². The third-order valence-corrected chi connectivity index (χ3v) is 7.27. The average molecular weight is 454 g/mol. The van der Waals surface area contributed by atoms with Crippen LogP contribution in [0.15, 0.2) is 54.6 Å². The minimum atomic E-state index is -0.908. The van der Waals surface area contributed by atoms with Gasteiger partial charge in [0.2, 0.25) is 5.91 Å². The van der Waals surface area contributed by atoms with Crippen LogP contribution in [0.3, 0.4) is 0 Å². The second-order valence-corrected chi connectivity index (χ2v) is 10.3. The number of likely N-dealkylation sites (N-methyl/N-ethyl adjacent to an activating group) is 1. The van der Waals surface area contributed by atoms with Gasteiger partial charge in [0.05, 0.1) is 12.1 Å². The number of benzene rings is 2. The third-order valence-electron chi connectivity index (χ3n) is 7.27. The lowest BCUT2D eigenvalue weighted by atomic mass is 9.79. The summed E-state index contributed by atoms with van der Waals surface area (Å²) in [5, 5.41) is 11.2. The molecule has 0 saturated carbocycles. The number of rotatable bonds is 7. The Morgan fingerprint density at radius 3 is 2.33 bits per heavy atom. The minimum absolute atomic E-state index is 0.180. The van der Waals surface area contributed by atoms with E-state index in [0.29, 0.717) is 32.6 Å². The molecule has 2 fully saturated rings. The Morgan fingerprint density at radius 1 is 1.00 bits per heavy atom. The zero-order chi connectivity index (χ0) is 23.5. The number of amides is 1. The van der Waals surface area contributed by atoms with Crippen molar-refractivity contribution in [3.05, 3.63) is 71.5 Å². The van der Waals surface area contributed by atoms with Crippen molar-refractivity contribution < 1.29 is 14.3 Å². The molecule has 0 bridgehead atoms. The molecule has 1 atom stereocenters. The number of piperidine rings is 1. The summed E-state index contributed by atoms with van der Waals surface area (Å²) in [5.41, 5.74) is 1.04. The number of nitrogens with zero attached hydrogens (tertiary/aromatic N) is 3. The molecule has 6 heteroatoms. The van der Waals surface area contributed by atoms with Gasteiger partial charge in [-0.05, 0) is 62.7 Å². The summed E-state index contributed by atoms with van der Waals surface area (Å²) in [5.74, 6) is -0.0663. The Balaban J connectivity index is 1.28. The quantitative estimate of drug-likeness (QED) is 0.697. The molecule has 2 aromatic rings. The Morgan fingerprint density at radius 2 is 1.67 bits per heavy atom. The molecule has 1 amide bonds. The monoisotopic (exact) mass is 453 g/mol. The van der Waals surface area contributed by atoms with Crippen molar-refractivity contribution in [1.82, 2.24) is 14.7 Å². The van der Waals surface area contributed by atoms with E-state index < -0.39 is 5.60 Å². The average Bonchev–Trinajstić information content (AvgIpc) is 3.18. The molecule has 0 radical (unpaired) electrons. The highest BCUT2D eigenvalue weighted by Gasteiger charge is 2.45. The number of hydrogen-bond donors (Lipinski definition) is 1. The fourth-order valence-electron chi connectivity index (χ4n) is 5.26. The van der Waals surface area contributed by atoms with Gasteiger partial charge in [0.1, 0.15) is 5.82 Å². The molecule has 2 aliphatic heterocycles. The maximum atomic E-state index is 13.4. The molecule has 2 aromatic carbocycles. The van der Waals surface area contributed by atoms with Gasteiger partial charge in [0.15, 0.2) is 0 Å². The molecule has 2 aliphatic rings. The van der Waals surface area contributed by atoms with Crippen LogP contribution >= 0.6 is 0 Å². The molecule has 2 heterocycles. The summed E-state index contributed by atoms with van der Waals surface area (Å²) in [6, 6.07) is 16.9. The molecule has 0 spiro atoms. The van der Waals surface area contributed by atoms with Gasteiger partial charge < -0.3 is 10.0 Å². The topological polar surface area (TPSA) is 47.0 Å². The molecule has 4 rings (SSSR count). The third kappa shape index (κ3) is 5.99. The highest BCUT2D eigenvalue weighted by atomic mass is 19.1. The van der Waals surface area contributed by atoms with Gasteiger partial charge >= 0.3 is 0 Å². The SMILES string of the molecule is CN(Cc1ccc(F)cc1)CC1(O)CCN(C(=O)C2(C)CCN(Cc3ccccc3)CC2)C1. The first kappa shape index (κ1) is 23.9. The zero-order valence-electron chi connectivity index (χ0n) is 19.8. The normalized spacial score (nSPS) is 23.2. The molecular formula is C27H36FN3O2. The molecule has 1 unspecified atom stereocenters. The highest BCUT2D eigenvalue weighted by Crippen LogP contribution is 2.36. The van der Waals surface area contributed by atoms with Crippen LogP contribution in [0.4, 0.5) is 4.39 Å². The van der Waals surface area contributed by atoms with Crippen LogP contribution in [0.2, 0.25) is 0 Å². The Labute approximate surface area is 196 Å². The van der Waals surface area contributed by atoms with Crippen molar-refractivity contribution >= 4 is 5.91 Å². The van der Waals surface area contributed by atoms with Crippen molar-refractivity contribution in [1.29, 1.82) is 0 Å². The number of likely N-dealkylation sites (tertiary alicyclic amines) is 2. The number of carbonyl (C=O) groups is 1. The first-order chi connectivity index (χ1) is 15.7. The van der Waals surface area contributed by atoms with Crippen LogP contribution in [-0.4, -0.2) is 71.1 Å². The van der Waals surface area contributed by atoms with Gasteiger partial charge in [-0.2, -0.15) is 0 Å². The molecule has 5 nitrogen and oxygen atoms in total. The van der Waals surface area contributed by atoms with Crippen molar-refractivity contribution in [2.45, 2.75) is 44.9 Å². The maximum Gasteiger partial charge on any atom is 0.228 e. The first-order valence-electron chi connectivity index (χ1n) is 12.0. The molecule has 1 N–H and O–H groups in total. The molecule has 0 aliphatic carbocycles. The van der Waals surface area contributed by atoms with Crippen LogP contribution in [0.1, 0.15) is 37.3 Å². The maximum absolute atomic E-state index is 13.4. The van der Waals surface area contributed by atoms with Gasteiger partial charge in [0, 0.05) is 31.6 Å². The summed E-state index contributed by atoms with van der Waals surface area (Å²) < 4.78 is 13.1. The number of halogens is 1. The Kier molecular flexibility index (Phi) is 7.17. The Bertz CT molecular complexity index is 928. The lowest BCUT2D eigenvalue weighted by Crippen LogP contribution is -2.50. The summed E-state index contributed by atoms with van der Waals surface area (Å²) >= 11 is 0. The van der Waals surface area contributed by atoms with Gasteiger partial charge in [0.25, 0.3) is 0 Å². The second kappa shape index (κ2) is 9.92. The lowest BCUT2D eigenvalue weighted by molar-refractivity contribution is -0.144. The van der Waals surface area contributed by atoms with Crippen molar-refractivity contribution in [2.24, 2.45) is 5.41 Å². The van der Waals surface area contributed by atoms with E-state index in [9.17, 15) is 14.3 Å². The van der Waals surface area contributed by atoms with Gasteiger partial charge in [-0.25, -0.2) is 4.39 Å². The fraction of sp³-hybridized carbons (Fsp3) is 0.519. The summed E-state index contributed by atoms with van der Waals surface area (Å²) in [6.45, 7) is 6.93. The van der Waals surface area contributed by atoms with E-state index in [4.69, 9.17) is 0 Å². The second-order valence-electron chi connectivity index (χ2n) is 10.3. The molecule has 33 heavy (non-hydrogen) atoms. The van der Waals surface area contributed by atoms with E-state index in [1.54, 1.807) is 12.1 Å². The van der Waals surface area contributed by atoms with Crippen LogP contribution in [0.25, 0.3) is 0 Å². The van der Waals surface area contributed by atoms with E-state index >= 15 is 0 Å². The molecular weight excluding hydrogens is 417 g/mol. The fourth-order valence-corrected chi connectivity index (χ4v) is 5.26. The van der Waals surface area contributed by atoms with Crippen molar-refractivity contribution in [3.8, 4) is 0 Å². The number of carbonyl (C=O) groups excluding carboxylic acids is 1. The molecule has 2 saturated heterocycles. The van der Waals surface area contributed by atoms with E-state index in [0.717, 1.165) is 38.0 Å². The van der Waals surface area contributed by atoms with Crippen molar-refractivity contribution in [2.75, 3.05) is 39.8 Å². The van der Waals surface area contributed by atoms with Gasteiger partial charge in [-0.1, -0.05) is 49.4 Å². The smallest absolute Gasteiger partial charge is 0.228 e. The van der Waals surface area contributed by atoms with Crippen LogP contribution < -0.4 is 0 Å². The van der Waals surface area contributed by atoms with Crippen LogP contribution in [0, 0.1) is 11.2 Å². The zero-order valence-corrected chi connectivity index (χ0v) is 19.8. The predicted molar refractivity (Wildman–Crippen MR) is 128 cm³/mol. The number of aliphatic hydroxyl groups is 1. The number of hydrogen-bond acceptors (Lipinski definition) is 4. The van der Waals surface area contributed by atoms with Gasteiger partial charge in [-0.3, -0.25) is 14.6 Å². The minimum Gasteiger partial charge on any atom is -0.387 e.